The van der Waals surface area contributed by atoms with Gasteiger partial charge in [0, 0.05) is 22.7 Å². The second kappa shape index (κ2) is 6.77. The van der Waals surface area contributed by atoms with Crippen molar-refractivity contribution in [1.29, 1.82) is 0 Å². The predicted octanol–water partition coefficient (Wildman–Crippen LogP) is 3.75. The first-order chi connectivity index (χ1) is 9.63. The van der Waals surface area contributed by atoms with Crippen molar-refractivity contribution in [2.75, 3.05) is 7.11 Å². The molecule has 0 unspecified atom stereocenters. The number of hydrogen-bond donors (Lipinski definition) is 1. The number of halogens is 1. The molecule has 2 aromatic rings. The molecular formula is C15H19ClN2O2. The predicted molar refractivity (Wildman–Crippen MR) is 79.1 cm³/mol. The van der Waals surface area contributed by atoms with Crippen LogP contribution in [0.15, 0.2) is 28.8 Å². The minimum absolute atomic E-state index is 0.0961. The lowest BCUT2D eigenvalue weighted by Gasteiger charge is -2.16. The number of hydrogen-bond acceptors (Lipinski definition) is 4. The van der Waals surface area contributed by atoms with Crippen molar-refractivity contribution < 1.29 is 9.26 Å². The van der Waals surface area contributed by atoms with Gasteiger partial charge >= 0.3 is 0 Å². The van der Waals surface area contributed by atoms with Crippen molar-refractivity contribution in [3.05, 3.63) is 46.3 Å². The molecule has 0 saturated carbocycles. The van der Waals surface area contributed by atoms with Crippen LogP contribution in [0.1, 0.15) is 36.9 Å². The van der Waals surface area contributed by atoms with E-state index in [1.54, 1.807) is 7.11 Å². The maximum Gasteiger partial charge on any atom is 0.150 e. The summed E-state index contributed by atoms with van der Waals surface area (Å²) in [6.45, 7) is 4.73. The van der Waals surface area contributed by atoms with E-state index in [4.69, 9.17) is 20.9 Å². The standard InChI is InChI=1S/C15H19ClN2O2/c1-4-12-8-13(20-18-12)9-17-10(2)14-7-11(16)5-6-15(14)19-3/h5-8,10,17H,4,9H2,1-3H3/t10-/m1/s1. The zero-order valence-electron chi connectivity index (χ0n) is 11.9. The fraction of sp³-hybridized carbons (Fsp3) is 0.400. The van der Waals surface area contributed by atoms with Crippen molar-refractivity contribution in [2.45, 2.75) is 32.9 Å². The van der Waals surface area contributed by atoms with E-state index < -0.39 is 0 Å². The number of ether oxygens (including phenoxy) is 1. The third-order valence-electron chi connectivity index (χ3n) is 3.21. The van der Waals surface area contributed by atoms with Crippen molar-refractivity contribution in [3.8, 4) is 5.75 Å². The third-order valence-corrected chi connectivity index (χ3v) is 3.45. The van der Waals surface area contributed by atoms with E-state index in [1.165, 1.54) is 0 Å². The summed E-state index contributed by atoms with van der Waals surface area (Å²) in [5, 5.41) is 8.05. The van der Waals surface area contributed by atoms with Crippen LogP contribution in [0.25, 0.3) is 0 Å². The zero-order chi connectivity index (χ0) is 14.5. The molecule has 5 heteroatoms. The molecule has 0 aliphatic carbocycles. The van der Waals surface area contributed by atoms with Crippen LogP contribution in [0.2, 0.25) is 5.02 Å². The summed E-state index contributed by atoms with van der Waals surface area (Å²) in [6, 6.07) is 7.67. The Morgan fingerprint density at radius 1 is 1.40 bits per heavy atom. The summed E-state index contributed by atoms with van der Waals surface area (Å²) in [5.41, 5.74) is 1.99. The molecule has 20 heavy (non-hydrogen) atoms. The quantitative estimate of drug-likeness (QED) is 0.881. The Morgan fingerprint density at radius 3 is 2.85 bits per heavy atom. The minimum atomic E-state index is 0.0961. The first-order valence-corrected chi connectivity index (χ1v) is 7.03. The van der Waals surface area contributed by atoms with Crippen LogP contribution in [-0.4, -0.2) is 12.3 Å². The lowest BCUT2D eigenvalue weighted by Crippen LogP contribution is -2.18. The molecule has 0 saturated heterocycles. The maximum absolute atomic E-state index is 6.05. The third kappa shape index (κ3) is 3.52. The lowest BCUT2D eigenvalue weighted by molar-refractivity contribution is 0.358. The van der Waals surface area contributed by atoms with E-state index in [2.05, 4.69) is 24.3 Å². The van der Waals surface area contributed by atoms with Gasteiger partial charge in [0.25, 0.3) is 0 Å². The smallest absolute Gasteiger partial charge is 0.150 e. The number of aromatic nitrogens is 1. The van der Waals surface area contributed by atoms with Crippen molar-refractivity contribution >= 4 is 11.6 Å². The molecule has 2 rings (SSSR count). The largest absolute Gasteiger partial charge is 0.496 e. The van der Waals surface area contributed by atoms with Crippen LogP contribution in [0.4, 0.5) is 0 Å². The number of aryl methyl sites for hydroxylation is 1. The molecule has 1 atom stereocenters. The fourth-order valence-electron chi connectivity index (χ4n) is 2.01. The summed E-state index contributed by atoms with van der Waals surface area (Å²) >= 11 is 6.05. The van der Waals surface area contributed by atoms with Gasteiger partial charge in [-0.05, 0) is 31.5 Å². The van der Waals surface area contributed by atoms with Gasteiger partial charge in [-0.2, -0.15) is 0 Å². The molecular weight excluding hydrogens is 276 g/mol. The molecule has 0 spiro atoms. The summed E-state index contributed by atoms with van der Waals surface area (Å²) < 4.78 is 10.6. The van der Waals surface area contributed by atoms with Gasteiger partial charge < -0.3 is 14.6 Å². The Kier molecular flexibility index (Phi) is 5.04. The highest BCUT2D eigenvalue weighted by Gasteiger charge is 2.13. The fourth-order valence-corrected chi connectivity index (χ4v) is 2.19. The SMILES string of the molecule is CCc1cc(CN[C@H](C)c2cc(Cl)ccc2OC)on1. The lowest BCUT2D eigenvalue weighted by atomic mass is 10.1. The van der Waals surface area contributed by atoms with Gasteiger partial charge in [0.05, 0.1) is 19.3 Å². The number of nitrogens with zero attached hydrogens (tertiary/aromatic N) is 1. The molecule has 1 N–H and O–H groups in total. The molecule has 1 heterocycles. The second-order valence-electron chi connectivity index (χ2n) is 4.63. The van der Waals surface area contributed by atoms with E-state index >= 15 is 0 Å². The number of benzene rings is 1. The highest BCUT2D eigenvalue weighted by molar-refractivity contribution is 6.30. The summed E-state index contributed by atoms with van der Waals surface area (Å²) in [4.78, 5) is 0. The minimum Gasteiger partial charge on any atom is -0.496 e. The first-order valence-electron chi connectivity index (χ1n) is 6.65. The molecule has 1 aromatic carbocycles. The normalized spacial score (nSPS) is 12.4. The average Bonchev–Trinajstić information content (AvgIpc) is 2.92. The monoisotopic (exact) mass is 294 g/mol. The van der Waals surface area contributed by atoms with Gasteiger partial charge in [0.15, 0.2) is 5.76 Å². The molecule has 0 bridgehead atoms. The molecule has 0 aliphatic rings. The van der Waals surface area contributed by atoms with E-state index in [9.17, 15) is 0 Å². The van der Waals surface area contributed by atoms with Crippen molar-refractivity contribution in [3.63, 3.8) is 0 Å². The van der Waals surface area contributed by atoms with Crippen LogP contribution in [0, 0.1) is 0 Å². The topological polar surface area (TPSA) is 47.3 Å². The highest BCUT2D eigenvalue weighted by atomic mass is 35.5. The molecule has 4 nitrogen and oxygen atoms in total. The molecule has 0 amide bonds. The number of rotatable bonds is 6. The van der Waals surface area contributed by atoms with E-state index in [-0.39, 0.29) is 6.04 Å². The van der Waals surface area contributed by atoms with Crippen LogP contribution >= 0.6 is 11.6 Å². The van der Waals surface area contributed by atoms with Gasteiger partial charge in [-0.1, -0.05) is 23.7 Å². The Morgan fingerprint density at radius 2 is 2.20 bits per heavy atom. The van der Waals surface area contributed by atoms with Crippen LogP contribution in [0.5, 0.6) is 5.75 Å². The second-order valence-corrected chi connectivity index (χ2v) is 5.06. The number of nitrogens with one attached hydrogen (secondary N) is 1. The Hall–Kier alpha value is -1.52. The van der Waals surface area contributed by atoms with Crippen molar-refractivity contribution in [1.82, 2.24) is 10.5 Å². The summed E-state index contributed by atoms with van der Waals surface area (Å²) in [6.07, 6.45) is 0.876. The van der Waals surface area contributed by atoms with Gasteiger partial charge in [-0.15, -0.1) is 0 Å². The molecule has 0 fully saturated rings. The molecule has 108 valence electrons. The summed E-state index contributed by atoms with van der Waals surface area (Å²) in [7, 11) is 1.66. The van der Waals surface area contributed by atoms with Gasteiger partial charge in [-0.3, -0.25) is 0 Å². The molecule has 0 aliphatic heterocycles. The molecule has 1 aromatic heterocycles. The Bertz CT molecular complexity index is 569. The number of methoxy groups -OCH3 is 1. The highest BCUT2D eigenvalue weighted by Crippen LogP contribution is 2.28. The van der Waals surface area contributed by atoms with Gasteiger partial charge in [-0.25, -0.2) is 0 Å². The summed E-state index contributed by atoms with van der Waals surface area (Å²) in [5.74, 6) is 1.65. The maximum atomic E-state index is 6.05. The Labute approximate surface area is 124 Å². The Balaban J connectivity index is 2.04. The van der Waals surface area contributed by atoms with E-state index in [1.807, 2.05) is 24.3 Å². The van der Waals surface area contributed by atoms with Crippen LogP contribution in [-0.2, 0) is 13.0 Å². The van der Waals surface area contributed by atoms with E-state index in [0.717, 1.165) is 29.2 Å². The van der Waals surface area contributed by atoms with E-state index in [0.29, 0.717) is 11.6 Å². The zero-order valence-corrected chi connectivity index (χ0v) is 12.7. The van der Waals surface area contributed by atoms with Crippen LogP contribution in [0.3, 0.4) is 0 Å². The van der Waals surface area contributed by atoms with Gasteiger partial charge in [0.2, 0.25) is 0 Å². The van der Waals surface area contributed by atoms with Gasteiger partial charge in [0.1, 0.15) is 5.75 Å². The van der Waals surface area contributed by atoms with Crippen LogP contribution < -0.4 is 10.1 Å². The average molecular weight is 295 g/mol. The molecule has 0 radical (unpaired) electrons. The van der Waals surface area contributed by atoms with Crippen molar-refractivity contribution in [2.24, 2.45) is 0 Å². The first kappa shape index (κ1) is 14.9.